The fourth-order valence-electron chi connectivity index (χ4n) is 9.10. The second-order valence-electron chi connectivity index (χ2n) is 21.3. The van der Waals surface area contributed by atoms with Gasteiger partial charge in [0.15, 0.2) is 6.10 Å². The van der Waals surface area contributed by atoms with Crippen molar-refractivity contribution in [2.24, 2.45) is 0 Å². The Labute approximate surface area is 465 Å². The van der Waals surface area contributed by atoms with Crippen molar-refractivity contribution in [1.82, 2.24) is 0 Å². The molecule has 0 N–H and O–H groups in total. The quantitative estimate of drug-likeness (QED) is 0.0261. The Hall–Kier alpha value is -3.41. The maximum Gasteiger partial charge on any atom is 0.306 e. The standard InChI is InChI=1S/C69H120O6/c1-4-7-10-13-16-19-22-25-27-29-30-31-32-33-34-35-36-37-38-40-41-44-47-50-53-56-59-62-68(71)74-65-66(64-73-67(70)61-58-55-52-49-46-43-24-21-18-15-12-9-6-3)75-69(72)63-60-57-54-51-48-45-42-39-28-26-23-20-17-14-11-8-5-2/h8,11,17,20,22,25-26,28-30,42,45,51,54,66H,4-7,9-10,12-16,18-19,21,23-24,27,31-41,43-44,46-50,52-53,55-65H2,1-3H3/b11-8-,20-17-,25-22-,28-26-,30-29-,45-42-,54-51-. The highest BCUT2D eigenvalue weighted by Gasteiger charge is 2.19. The summed E-state index contributed by atoms with van der Waals surface area (Å²) < 4.78 is 16.9. The third-order valence-electron chi connectivity index (χ3n) is 13.9. The molecule has 6 heteroatoms. The molecule has 0 aliphatic carbocycles. The van der Waals surface area contributed by atoms with Crippen LogP contribution in [0.25, 0.3) is 0 Å². The van der Waals surface area contributed by atoms with E-state index in [1.807, 2.05) is 0 Å². The van der Waals surface area contributed by atoms with Gasteiger partial charge < -0.3 is 14.2 Å². The van der Waals surface area contributed by atoms with Gasteiger partial charge in [-0.05, 0) is 89.9 Å². The van der Waals surface area contributed by atoms with Crippen LogP contribution in [0.2, 0.25) is 0 Å². The summed E-state index contributed by atoms with van der Waals surface area (Å²) in [5.41, 5.74) is 0. The van der Waals surface area contributed by atoms with Gasteiger partial charge in [0.25, 0.3) is 0 Å². The third kappa shape index (κ3) is 61.3. The molecule has 1 atom stereocenters. The Bertz CT molecular complexity index is 1430. The summed E-state index contributed by atoms with van der Waals surface area (Å²) in [5, 5.41) is 0. The molecule has 0 bridgehead atoms. The second-order valence-corrected chi connectivity index (χ2v) is 21.3. The molecule has 432 valence electrons. The number of carbonyl (C=O) groups excluding carboxylic acids is 3. The van der Waals surface area contributed by atoms with Gasteiger partial charge in [-0.15, -0.1) is 0 Å². The van der Waals surface area contributed by atoms with E-state index in [1.165, 1.54) is 186 Å². The number of rotatable bonds is 58. The first-order valence-electron chi connectivity index (χ1n) is 32.1. The summed E-state index contributed by atoms with van der Waals surface area (Å²) in [5.74, 6) is -0.942. The van der Waals surface area contributed by atoms with E-state index in [0.29, 0.717) is 19.3 Å². The first kappa shape index (κ1) is 71.6. The van der Waals surface area contributed by atoms with Crippen molar-refractivity contribution in [1.29, 1.82) is 0 Å². The van der Waals surface area contributed by atoms with Gasteiger partial charge in [-0.1, -0.05) is 292 Å². The van der Waals surface area contributed by atoms with Crippen molar-refractivity contribution < 1.29 is 28.6 Å². The van der Waals surface area contributed by atoms with E-state index in [1.54, 1.807) is 0 Å². The Morgan fingerprint density at radius 1 is 0.280 bits per heavy atom. The average Bonchev–Trinajstić information content (AvgIpc) is 3.41. The lowest BCUT2D eigenvalue weighted by atomic mass is 10.0. The Morgan fingerprint density at radius 2 is 0.533 bits per heavy atom. The van der Waals surface area contributed by atoms with E-state index in [-0.39, 0.29) is 37.5 Å². The minimum atomic E-state index is -0.805. The number of esters is 3. The topological polar surface area (TPSA) is 78.9 Å². The Kier molecular flexibility index (Phi) is 60.3. The molecule has 0 aromatic heterocycles. The van der Waals surface area contributed by atoms with Gasteiger partial charge in [-0.25, -0.2) is 0 Å². The van der Waals surface area contributed by atoms with Gasteiger partial charge >= 0.3 is 17.9 Å². The van der Waals surface area contributed by atoms with E-state index in [0.717, 1.165) is 83.5 Å². The van der Waals surface area contributed by atoms with Gasteiger partial charge in [-0.3, -0.25) is 14.4 Å². The minimum Gasteiger partial charge on any atom is -0.462 e. The summed E-state index contributed by atoms with van der Waals surface area (Å²) in [4.78, 5) is 38.2. The van der Waals surface area contributed by atoms with Crippen LogP contribution in [0.3, 0.4) is 0 Å². The number of unbranched alkanes of at least 4 members (excludes halogenated alkanes) is 33. The van der Waals surface area contributed by atoms with Crippen molar-refractivity contribution >= 4 is 17.9 Å². The summed E-state index contributed by atoms with van der Waals surface area (Å²) in [6.07, 6.45) is 83.2. The van der Waals surface area contributed by atoms with Crippen molar-refractivity contribution in [3.63, 3.8) is 0 Å². The lowest BCUT2D eigenvalue weighted by Crippen LogP contribution is -2.30. The molecule has 0 fully saturated rings. The van der Waals surface area contributed by atoms with Gasteiger partial charge in [-0.2, -0.15) is 0 Å². The van der Waals surface area contributed by atoms with Crippen molar-refractivity contribution in [2.45, 2.75) is 322 Å². The number of carbonyl (C=O) groups is 3. The summed E-state index contributed by atoms with van der Waals surface area (Å²) in [6.45, 7) is 6.50. The number of allylic oxidation sites excluding steroid dienone is 14. The molecule has 0 saturated carbocycles. The van der Waals surface area contributed by atoms with Gasteiger partial charge in [0, 0.05) is 19.3 Å². The first-order chi connectivity index (χ1) is 37.0. The highest BCUT2D eigenvalue weighted by Crippen LogP contribution is 2.17. The van der Waals surface area contributed by atoms with Crippen molar-refractivity contribution in [3.8, 4) is 0 Å². The lowest BCUT2D eigenvalue weighted by Gasteiger charge is -2.18. The maximum atomic E-state index is 12.9. The number of ether oxygens (including phenoxy) is 3. The minimum absolute atomic E-state index is 0.0959. The van der Waals surface area contributed by atoms with Gasteiger partial charge in [0.2, 0.25) is 0 Å². The van der Waals surface area contributed by atoms with Crippen LogP contribution in [0.5, 0.6) is 0 Å². The molecule has 0 aliphatic heterocycles. The molecule has 0 saturated heterocycles. The fraction of sp³-hybridized carbons (Fsp3) is 0.754. The molecule has 0 radical (unpaired) electrons. The van der Waals surface area contributed by atoms with Crippen molar-refractivity contribution in [3.05, 3.63) is 85.1 Å². The number of hydrogen-bond acceptors (Lipinski definition) is 6. The van der Waals surface area contributed by atoms with Crippen LogP contribution >= 0.6 is 0 Å². The van der Waals surface area contributed by atoms with Crippen LogP contribution in [0, 0.1) is 0 Å². The molecule has 1 unspecified atom stereocenters. The normalized spacial score (nSPS) is 12.6. The average molecular weight is 1050 g/mol. The van der Waals surface area contributed by atoms with E-state index >= 15 is 0 Å². The van der Waals surface area contributed by atoms with Crippen LogP contribution in [0.4, 0.5) is 0 Å². The van der Waals surface area contributed by atoms with Gasteiger partial charge in [0.05, 0.1) is 0 Å². The predicted octanol–water partition coefficient (Wildman–Crippen LogP) is 21.9. The smallest absolute Gasteiger partial charge is 0.306 e. The fourth-order valence-corrected chi connectivity index (χ4v) is 9.10. The molecule has 0 aromatic carbocycles. The van der Waals surface area contributed by atoms with E-state index < -0.39 is 6.10 Å². The number of hydrogen-bond donors (Lipinski definition) is 0. The zero-order valence-electron chi connectivity index (χ0n) is 49.6. The third-order valence-corrected chi connectivity index (χ3v) is 13.9. The molecular formula is C69H120O6. The monoisotopic (exact) mass is 1040 g/mol. The zero-order valence-corrected chi connectivity index (χ0v) is 49.6. The Morgan fingerprint density at radius 3 is 0.853 bits per heavy atom. The van der Waals surface area contributed by atoms with Crippen LogP contribution in [-0.2, 0) is 28.6 Å². The molecular weight excluding hydrogens is 925 g/mol. The SMILES string of the molecule is CC/C=C\C/C=C\C/C=C\C/C=C\C/C=C\CCCC(=O)OC(COC(=O)CCCCCCCCCCCCCCC)COC(=O)CCCCCCCCCCCCCCCCC/C=C\C/C=C\CCCCCCC. The highest BCUT2D eigenvalue weighted by atomic mass is 16.6. The zero-order chi connectivity index (χ0) is 54.3. The Balaban J connectivity index is 4.30. The lowest BCUT2D eigenvalue weighted by molar-refractivity contribution is -0.167. The van der Waals surface area contributed by atoms with Crippen LogP contribution in [0.1, 0.15) is 316 Å². The highest BCUT2D eigenvalue weighted by molar-refractivity contribution is 5.71. The molecule has 0 aromatic rings. The van der Waals surface area contributed by atoms with Crippen LogP contribution < -0.4 is 0 Å². The largest absolute Gasteiger partial charge is 0.462 e. The van der Waals surface area contributed by atoms with E-state index in [9.17, 15) is 14.4 Å². The molecule has 0 amide bonds. The summed E-state index contributed by atoms with van der Waals surface area (Å²) in [6, 6.07) is 0. The van der Waals surface area contributed by atoms with Crippen LogP contribution in [-0.4, -0.2) is 37.2 Å². The maximum absolute atomic E-state index is 12.9. The predicted molar refractivity (Wildman–Crippen MR) is 325 cm³/mol. The van der Waals surface area contributed by atoms with Crippen LogP contribution in [0.15, 0.2) is 85.1 Å². The molecule has 75 heavy (non-hydrogen) atoms. The van der Waals surface area contributed by atoms with Gasteiger partial charge in [0.1, 0.15) is 13.2 Å². The van der Waals surface area contributed by atoms with E-state index in [4.69, 9.17) is 14.2 Å². The first-order valence-corrected chi connectivity index (χ1v) is 32.1. The summed E-state index contributed by atoms with van der Waals surface area (Å²) in [7, 11) is 0. The summed E-state index contributed by atoms with van der Waals surface area (Å²) >= 11 is 0. The second kappa shape index (κ2) is 63.1. The van der Waals surface area contributed by atoms with Crippen molar-refractivity contribution in [2.75, 3.05) is 13.2 Å². The van der Waals surface area contributed by atoms with E-state index in [2.05, 4.69) is 106 Å². The molecule has 6 nitrogen and oxygen atoms in total. The molecule has 0 spiro atoms. The molecule has 0 rings (SSSR count). The molecule has 0 aliphatic rings. The molecule has 0 heterocycles.